The van der Waals surface area contributed by atoms with Gasteiger partial charge >= 0.3 is 12.1 Å². The Hall–Kier alpha value is -3.43. The molecule has 3 N–H and O–H groups in total. The fraction of sp³-hybridized carbons (Fsp3) is 0.423. The highest BCUT2D eigenvalue weighted by atomic mass is 16.6. The van der Waals surface area contributed by atoms with E-state index in [1.807, 2.05) is 36.4 Å². The van der Waals surface area contributed by atoms with Crippen LogP contribution in [0.4, 0.5) is 4.79 Å². The van der Waals surface area contributed by atoms with Crippen molar-refractivity contribution in [3.63, 3.8) is 0 Å². The molecule has 2 aliphatic heterocycles. The normalized spacial score (nSPS) is 25.6. The third kappa shape index (κ3) is 4.61. The predicted octanol–water partition coefficient (Wildman–Crippen LogP) is 1.98. The monoisotopic (exact) mass is 480 g/mol. The van der Waals surface area contributed by atoms with Crippen molar-refractivity contribution in [1.82, 2.24) is 10.2 Å². The summed E-state index contributed by atoms with van der Waals surface area (Å²) in [4.78, 5) is 38.4. The van der Waals surface area contributed by atoms with Gasteiger partial charge < -0.3 is 29.9 Å². The number of carbonyl (C=O) groups is 3. The maximum absolute atomic E-state index is 13.1. The van der Waals surface area contributed by atoms with Gasteiger partial charge in [-0.05, 0) is 35.1 Å². The van der Waals surface area contributed by atoms with Crippen LogP contribution in [0, 0.1) is 5.92 Å². The number of β-amino-alcohol motifs (C(OH)–C–C–N with tert-alkyl or cyclic N) is 1. The summed E-state index contributed by atoms with van der Waals surface area (Å²) in [6.45, 7) is 0.483. The molecule has 9 heteroatoms. The maximum Gasteiger partial charge on any atom is 0.407 e. The number of nitrogens with one attached hydrogen (secondary N) is 1. The molecule has 0 spiro atoms. The van der Waals surface area contributed by atoms with Gasteiger partial charge in [0.2, 0.25) is 0 Å². The smallest absolute Gasteiger partial charge is 0.407 e. The number of aliphatic hydroxyl groups is 1. The van der Waals surface area contributed by atoms with Crippen LogP contribution < -0.4 is 5.32 Å². The first-order valence-corrected chi connectivity index (χ1v) is 11.8. The number of aliphatic hydroxyl groups excluding tert-OH is 1. The number of hydrogen-bond acceptors (Lipinski definition) is 6. The van der Waals surface area contributed by atoms with Gasteiger partial charge in [-0.1, -0.05) is 48.5 Å². The molecule has 2 aromatic rings. The van der Waals surface area contributed by atoms with Crippen LogP contribution >= 0.6 is 0 Å². The number of nitrogens with zero attached hydrogens (tertiary/aromatic N) is 1. The lowest BCUT2D eigenvalue weighted by molar-refractivity contribution is -0.153. The van der Waals surface area contributed by atoms with E-state index in [-0.39, 0.29) is 38.6 Å². The van der Waals surface area contributed by atoms with E-state index in [1.165, 1.54) is 4.90 Å². The number of rotatable bonds is 5. The van der Waals surface area contributed by atoms with Gasteiger partial charge in [0.1, 0.15) is 6.61 Å². The summed E-state index contributed by atoms with van der Waals surface area (Å²) in [6, 6.07) is 15.5. The SMILES string of the molecule is O=C(N[C@@H]1CCO[C@@H]1C(=O)N1CC(O)CC(C(=O)O)C1)OCC1c2ccccc2-c2ccccc21. The highest BCUT2D eigenvalue weighted by Crippen LogP contribution is 2.44. The number of carbonyl (C=O) groups excluding carboxylic acids is 2. The van der Waals surface area contributed by atoms with Gasteiger partial charge in [0.05, 0.1) is 18.1 Å². The first-order chi connectivity index (χ1) is 16.9. The number of benzene rings is 2. The Morgan fingerprint density at radius 1 is 1.03 bits per heavy atom. The average molecular weight is 481 g/mol. The van der Waals surface area contributed by atoms with Crippen molar-refractivity contribution in [3.05, 3.63) is 59.7 Å². The summed E-state index contributed by atoms with van der Waals surface area (Å²) in [5.41, 5.74) is 4.48. The molecule has 9 nitrogen and oxygen atoms in total. The fourth-order valence-electron chi connectivity index (χ4n) is 5.38. The van der Waals surface area contributed by atoms with E-state index in [1.54, 1.807) is 0 Å². The van der Waals surface area contributed by atoms with E-state index in [0.717, 1.165) is 22.3 Å². The number of hydrogen-bond donors (Lipinski definition) is 3. The molecule has 0 radical (unpaired) electrons. The Morgan fingerprint density at radius 2 is 1.69 bits per heavy atom. The van der Waals surface area contributed by atoms with Crippen molar-refractivity contribution in [2.24, 2.45) is 5.92 Å². The lowest BCUT2D eigenvalue weighted by Crippen LogP contribution is -2.55. The zero-order valence-electron chi connectivity index (χ0n) is 19.1. The van der Waals surface area contributed by atoms with Crippen LogP contribution in [0.2, 0.25) is 0 Å². The van der Waals surface area contributed by atoms with Crippen LogP contribution in [-0.4, -0.2) is 77.6 Å². The molecule has 0 bridgehead atoms. The molecule has 2 aromatic carbocycles. The van der Waals surface area contributed by atoms with E-state index in [2.05, 4.69) is 17.4 Å². The van der Waals surface area contributed by atoms with Crippen LogP contribution in [0.25, 0.3) is 11.1 Å². The molecule has 2 heterocycles. The number of likely N-dealkylation sites (tertiary alicyclic amines) is 1. The van der Waals surface area contributed by atoms with Gasteiger partial charge in [-0.15, -0.1) is 0 Å². The molecule has 2 unspecified atom stereocenters. The van der Waals surface area contributed by atoms with Crippen LogP contribution in [0.15, 0.2) is 48.5 Å². The molecule has 3 aliphatic rings. The quantitative estimate of drug-likeness (QED) is 0.598. The van der Waals surface area contributed by atoms with Crippen molar-refractivity contribution in [2.75, 3.05) is 26.3 Å². The molecule has 35 heavy (non-hydrogen) atoms. The summed E-state index contributed by atoms with van der Waals surface area (Å²) in [7, 11) is 0. The first-order valence-electron chi connectivity index (χ1n) is 11.8. The fourth-order valence-corrected chi connectivity index (χ4v) is 5.38. The lowest BCUT2D eigenvalue weighted by atomic mass is 9.95. The third-order valence-corrected chi connectivity index (χ3v) is 7.07. The standard InChI is InChI=1S/C26H28N2O7/c29-16-11-15(25(31)32)12-28(13-16)24(30)23-22(9-10-34-23)27-26(33)35-14-21-19-7-3-1-5-17(19)18-6-2-4-8-20(18)21/h1-8,15-16,21-23,29H,9-14H2,(H,27,33)(H,31,32)/t15?,16?,22-,23+/m1/s1. The molecule has 2 fully saturated rings. The van der Waals surface area contributed by atoms with Gasteiger partial charge in [-0.3, -0.25) is 9.59 Å². The van der Waals surface area contributed by atoms with Gasteiger partial charge in [-0.25, -0.2) is 4.79 Å². The topological polar surface area (TPSA) is 125 Å². The molecular weight excluding hydrogens is 452 g/mol. The highest BCUT2D eigenvalue weighted by Gasteiger charge is 2.41. The first kappa shape index (κ1) is 23.3. The zero-order chi connectivity index (χ0) is 24.5. The number of carboxylic acid groups (broad SMARTS) is 1. The van der Waals surface area contributed by atoms with Gasteiger partial charge in [0.15, 0.2) is 6.10 Å². The Labute approximate surface area is 202 Å². The number of piperidine rings is 1. The van der Waals surface area contributed by atoms with E-state index in [9.17, 15) is 24.6 Å². The maximum atomic E-state index is 13.1. The molecule has 2 saturated heterocycles. The van der Waals surface area contributed by atoms with Crippen molar-refractivity contribution in [3.8, 4) is 11.1 Å². The summed E-state index contributed by atoms with van der Waals surface area (Å²) in [6.07, 6.45) is -1.97. The van der Waals surface area contributed by atoms with E-state index >= 15 is 0 Å². The molecule has 0 aromatic heterocycles. The van der Waals surface area contributed by atoms with E-state index in [0.29, 0.717) is 6.42 Å². The Bertz CT molecular complexity index is 1090. The third-order valence-electron chi connectivity index (χ3n) is 7.07. The van der Waals surface area contributed by atoms with Crippen molar-refractivity contribution in [1.29, 1.82) is 0 Å². The summed E-state index contributed by atoms with van der Waals surface area (Å²) < 4.78 is 11.2. The van der Waals surface area contributed by atoms with Crippen LogP contribution in [-0.2, 0) is 19.1 Å². The number of ether oxygens (including phenoxy) is 2. The Morgan fingerprint density at radius 3 is 2.34 bits per heavy atom. The minimum atomic E-state index is -1.05. The van der Waals surface area contributed by atoms with Gasteiger partial charge in [-0.2, -0.15) is 0 Å². The second-order valence-corrected chi connectivity index (χ2v) is 9.32. The molecular formula is C26H28N2O7. The average Bonchev–Trinajstić information content (AvgIpc) is 3.44. The predicted molar refractivity (Wildman–Crippen MR) is 125 cm³/mol. The molecule has 2 amide bonds. The van der Waals surface area contributed by atoms with Crippen molar-refractivity contribution >= 4 is 18.0 Å². The number of aliphatic carboxylic acids is 1. The van der Waals surface area contributed by atoms with Gasteiger partial charge in [0.25, 0.3) is 5.91 Å². The largest absolute Gasteiger partial charge is 0.481 e. The second kappa shape index (κ2) is 9.67. The molecule has 0 saturated carbocycles. The summed E-state index contributed by atoms with van der Waals surface area (Å²) >= 11 is 0. The zero-order valence-corrected chi connectivity index (χ0v) is 19.1. The number of amides is 2. The van der Waals surface area contributed by atoms with E-state index in [4.69, 9.17) is 9.47 Å². The minimum absolute atomic E-state index is 0.00273. The molecule has 4 atom stereocenters. The lowest BCUT2D eigenvalue weighted by Gasteiger charge is -2.35. The van der Waals surface area contributed by atoms with Gasteiger partial charge in [0, 0.05) is 25.6 Å². The number of carboxylic acids is 1. The number of alkyl carbamates (subject to hydrolysis) is 1. The molecule has 5 rings (SSSR count). The minimum Gasteiger partial charge on any atom is -0.481 e. The van der Waals surface area contributed by atoms with E-state index < -0.39 is 42.1 Å². The Kier molecular flexibility index (Phi) is 6.44. The highest BCUT2D eigenvalue weighted by molar-refractivity contribution is 5.84. The molecule has 184 valence electrons. The number of fused-ring (bicyclic) bond motifs is 3. The Balaban J connectivity index is 1.21. The van der Waals surface area contributed by atoms with Crippen molar-refractivity contribution in [2.45, 2.75) is 37.0 Å². The summed E-state index contributed by atoms with van der Waals surface area (Å²) in [5, 5.41) is 22.1. The second-order valence-electron chi connectivity index (χ2n) is 9.32. The van der Waals surface area contributed by atoms with Crippen LogP contribution in [0.3, 0.4) is 0 Å². The van der Waals surface area contributed by atoms with Crippen LogP contribution in [0.1, 0.15) is 29.9 Å². The summed E-state index contributed by atoms with van der Waals surface area (Å²) in [5.74, 6) is -2.40. The van der Waals surface area contributed by atoms with Crippen LogP contribution in [0.5, 0.6) is 0 Å². The van der Waals surface area contributed by atoms with Crippen molar-refractivity contribution < 1.29 is 34.1 Å². The molecule has 1 aliphatic carbocycles.